The molecular weight excluding hydrogens is 518 g/mol. The van der Waals surface area contributed by atoms with Crippen LogP contribution in [0.4, 0.5) is 5.69 Å². The van der Waals surface area contributed by atoms with Gasteiger partial charge in [0.25, 0.3) is 5.91 Å². The summed E-state index contributed by atoms with van der Waals surface area (Å²) in [6, 6.07) is 18.2. The normalized spacial score (nSPS) is 14.9. The quantitative estimate of drug-likeness (QED) is 0.226. The van der Waals surface area contributed by atoms with Crippen LogP contribution in [0.5, 0.6) is 5.75 Å². The van der Waals surface area contributed by atoms with Gasteiger partial charge in [-0.15, -0.1) is 0 Å². The average Bonchev–Trinajstić information content (AvgIpc) is 3.16. The number of ether oxygens (including phenoxy) is 1. The molecule has 0 fully saturated rings. The highest BCUT2D eigenvalue weighted by molar-refractivity contribution is 9.10. The first-order chi connectivity index (χ1) is 17.4. The predicted octanol–water partition coefficient (Wildman–Crippen LogP) is 7.49. The summed E-state index contributed by atoms with van der Waals surface area (Å²) in [4.78, 5) is 29.4. The van der Waals surface area contributed by atoms with Crippen molar-refractivity contribution in [3.8, 4) is 5.75 Å². The molecule has 0 saturated heterocycles. The van der Waals surface area contributed by atoms with E-state index in [0.717, 1.165) is 46.2 Å². The summed E-state index contributed by atoms with van der Waals surface area (Å²) in [6.45, 7) is 6.71. The Balaban J connectivity index is 1.69. The Labute approximate surface area is 218 Å². The summed E-state index contributed by atoms with van der Waals surface area (Å²) in [6.07, 6.45) is 3.20. The van der Waals surface area contributed by atoms with Gasteiger partial charge in [0.2, 0.25) is 5.76 Å². The lowest BCUT2D eigenvalue weighted by molar-refractivity contribution is 0.0971. The number of benzene rings is 3. The summed E-state index contributed by atoms with van der Waals surface area (Å²) in [5.74, 6) is 0.477. The van der Waals surface area contributed by atoms with Crippen molar-refractivity contribution in [3.05, 3.63) is 103 Å². The monoisotopic (exact) mass is 545 g/mol. The van der Waals surface area contributed by atoms with Crippen molar-refractivity contribution in [2.45, 2.75) is 46.1 Å². The minimum atomic E-state index is -0.636. The fraction of sp³-hybridized carbons (Fsp3) is 0.267. The van der Waals surface area contributed by atoms with Crippen molar-refractivity contribution < 1.29 is 13.9 Å². The Morgan fingerprint density at radius 1 is 0.972 bits per heavy atom. The number of fused-ring (bicyclic) bond motifs is 2. The lowest BCUT2D eigenvalue weighted by Gasteiger charge is -2.25. The van der Waals surface area contributed by atoms with E-state index in [2.05, 4.69) is 22.9 Å². The molecule has 0 radical (unpaired) electrons. The number of rotatable bonds is 7. The fourth-order valence-corrected chi connectivity index (χ4v) is 5.14. The van der Waals surface area contributed by atoms with Crippen molar-refractivity contribution in [2.75, 3.05) is 11.5 Å². The van der Waals surface area contributed by atoms with Crippen LogP contribution in [0.2, 0.25) is 0 Å². The predicted molar refractivity (Wildman–Crippen MR) is 146 cm³/mol. The van der Waals surface area contributed by atoms with Crippen LogP contribution >= 0.6 is 15.9 Å². The molecule has 36 heavy (non-hydrogen) atoms. The molecule has 1 aromatic heterocycles. The van der Waals surface area contributed by atoms with E-state index in [1.807, 2.05) is 74.5 Å². The Kier molecular flexibility index (Phi) is 6.71. The van der Waals surface area contributed by atoms with Crippen LogP contribution in [0.1, 0.15) is 65.0 Å². The van der Waals surface area contributed by atoms with Crippen LogP contribution in [-0.4, -0.2) is 12.5 Å². The molecule has 1 amide bonds. The molecule has 0 bridgehead atoms. The second-order valence-electron chi connectivity index (χ2n) is 9.29. The summed E-state index contributed by atoms with van der Waals surface area (Å²) in [5.41, 5.74) is 4.09. The van der Waals surface area contributed by atoms with Crippen LogP contribution in [0.25, 0.3) is 11.0 Å². The number of hydrogen-bond acceptors (Lipinski definition) is 4. The number of carbonyl (C=O) groups is 1. The number of halogens is 1. The maximum atomic E-state index is 13.9. The van der Waals surface area contributed by atoms with Crippen LogP contribution < -0.4 is 15.1 Å². The highest BCUT2D eigenvalue weighted by Crippen LogP contribution is 2.42. The molecule has 2 heterocycles. The van der Waals surface area contributed by atoms with Gasteiger partial charge in [0, 0.05) is 10.2 Å². The zero-order valence-corrected chi connectivity index (χ0v) is 22.2. The Morgan fingerprint density at radius 3 is 2.53 bits per heavy atom. The highest BCUT2D eigenvalue weighted by atomic mass is 79.9. The van der Waals surface area contributed by atoms with Gasteiger partial charge in [-0.1, -0.05) is 53.9 Å². The van der Waals surface area contributed by atoms with Gasteiger partial charge in [-0.3, -0.25) is 14.5 Å². The van der Waals surface area contributed by atoms with E-state index in [-0.39, 0.29) is 17.1 Å². The van der Waals surface area contributed by atoms with E-state index >= 15 is 0 Å². The first kappa shape index (κ1) is 24.3. The van der Waals surface area contributed by atoms with Gasteiger partial charge in [0.15, 0.2) is 5.43 Å². The van der Waals surface area contributed by atoms with Crippen LogP contribution in [0.15, 0.2) is 74.3 Å². The Morgan fingerprint density at radius 2 is 1.75 bits per heavy atom. The molecule has 0 N–H and O–H groups in total. The smallest absolute Gasteiger partial charge is 0.295 e. The Hall–Kier alpha value is -3.38. The molecule has 5 nitrogen and oxygen atoms in total. The minimum absolute atomic E-state index is 0.0926. The molecule has 0 aliphatic carbocycles. The highest BCUT2D eigenvalue weighted by Gasteiger charge is 2.43. The Bertz CT molecular complexity index is 1520. The third kappa shape index (κ3) is 4.35. The molecule has 4 aromatic rings. The fourth-order valence-electron chi connectivity index (χ4n) is 4.75. The van der Waals surface area contributed by atoms with Gasteiger partial charge in [-0.25, -0.2) is 0 Å². The lowest BCUT2D eigenvalue weighted by atomic mass is 9.97. The molecule has 0 saturated carbocycles. The van der Waals surface area contributed by atoms with Crippen molar-refractivity contribution in [3.63, 3.8) is 0 Å². The molecule has 1 aliphatic rings. The molecule has 1 aliphatic heterocycles. The van der Waals surface area contributed by atoms with Gasteiger partial charge < -0.3 is 9.15 Å². The maximum Gasteiger partial charge on any atom is 0.295 e. The second-order valence-corrected chi connectivity index (χ2v) is 10.2. The number of amides is 1. The van der Waals surface area contributed by atoms with Gasteiger partial charge in [0.1, 0.15) is 11.3 Å². The third-order valence-electron chi connectivity index (χ3n) is 6.76. The van der Waals surface area contributed by atoms with E-state index in [1.54, 1.807) is 4.90 Å². The van der Waals surface area contributed by atoms with Gasteiger partial charge in [0.05, 0.1) is 23.6 Å². The van der Waals surface area contributed by atoms with E-state index < -0.39 is 6.04 Å². The van der Waals surface area contributed by atoms with Crippen molar-refractivity contribution in [1.82, 2.24) is 0 Å². The van der Waals surface area contributed by atoms with Gasteiger partial charge in [-0.05, 0) is 79.4 Å². The standard InChI is InChI=1S/C30H28BrNO4/c1-4-5-6-13-35-23-12-7-9-20(16-23)27-26-28(33)24-14-18(2)19(3)15-25(24)36-29(26)30(34)32(27)22-11-8-10-21(31)17-22/h7-12,14-17,27H,4-6,13H2,1-3H3. The van der Waals surface area contributed by atoms with E-state index in [4.69, 9.17) is 9.15 Å². The molecule has 3 aromatic carbocycles. The number of unbranched alkanes of at least 4 members (excludes halogenated alkanes) is 2. The first-order valence-electron chi connectivity index (χ1n) is 12.3. The van der Waals surface area contributed by atoms with Crippen LogP contribution in [-0.2, 0) is 0 Å². The molecule has 1 atom stereocenters. The number of carbonyl (C=O) groups excluding carboxylic acids is 1. The average molecular weight is 546 g/mol. The largest absolute Gasteiger partial charge is 0.494 e. The molecule has 1 unspecified atom stereocenters. The van der Waals surface area contributed by atoms with Crippen molar-refractivity contribution >= 4 is 38.5 Å². The lowest BCUT2D eigenvalue weighted by Crippen LogP contribution is -2.29. The third-order valence-corrected chi connectivity index (χ3v) is 7.26. The van der Waals surface area contributed by atoms with Crippen LogP contribution in [0, 0.1) is 13.8 Å². The first-order valence-corrected chi connectivity index (χ1v) is 13.1. The number of aryl methyl sites for hydroxylation is 2. The summed E-state index contributed by atoms with van der Waals surface area (Å²) in [5, 5.41) is 0.484. The van der Waals surface area contributed by atoms with E-state index in [9.17, 15) is 9.59 Å². The maximum absolute atomic E-state index is 13.9. The number of nitrogens with zero attached hydrogens (tertiary/aromatic N) is 1. The number of hydrogen-bond donors (Lipinski definition) is 0. The summed E-state index contributed by atoms with van der Waals surface area (Å²) >= 11 is 3.52. The van der Waals surface area contributed by atoms with Crippen molar-refractivity contribution in [1.29, 1.82) is 0 Å². The molecule has 0 spiro atoms. The minimum Gasteiger partial charge on any atom is -0.494 e. The summed E-state index contributed by atoms with van der Waals surface area (Å²) in [7, 11) is 0. The SMILES string of the molecule is CCCCCOc1cccc(C2c3c(oc4cc(C)c(C)cc4c3=O)C(=O)N2c2cccc(Br)c2)c1. The van der Waals surface area contributed by atoms with E-state index in [1.165, 1.54) is 0 Å². The van der Waals surface area contributed by atoms with Gasteiger partial charge in [-0.2, -0.15) is 0 Å². The van der Waals surface area contributed by atoms with Crippen molar-refractivity contribution in [2.24, 2.45) is 0 Å². The summed E-state index contributed by atoms with van der Waals surface area (Å²) < 4.78 is 13.0. The zero-order chi connectivity index (χ0) is 25.4. The van der Waals surface area contributed by atoms with E-state index in [0.29, 0.717) is 28.8 Å². The molecule has 184 valence electrons. The van der Waals surface area contributed by atoms with Gasteiger partial charge >= 0.3 is 0 Å². The molecule has 6 heteroatoms. The van der Waals surface area contributed by atoms with Crippen LogP contribution in [0.3, 0.4) is 0 Å². The second kappa shape index (κ2) is 9.94. The number of anilines is 1. The molecule has 5 rings (SSSR count). The zero-order valence-electron chi connectivity index (χ0n) is 20.6. The molecular formula is C30H28BrNO4. The topological polar surface area (TPSA) is 59.8 Å².